The van der Waals surface area contributed by atoms with Crippen LogP contribution >= 0.6 is 0 Å². The lowest BCUT2D eigenvalue weighted by Gasteiger charge is -2.40. The van der Waals surface area contributed by atoms with E-state index >= 15 is 0 Å². The van der Waals surface area contributed by atoms with Crippen LogP contribution in [-0.2, 0) is 9.84 Å². The van der Waals surface area contributed by atoms with E-state index in [1.54, 1.807) is 6.07 Å². The number of rotatable bonds is 8. The average molecular weight is 310 g/mol. The highest BCUT2D eigenvalue weighted by Crippen LogP contribution is 2.34. The predicted octanol–water partition coefficient (Wildman–Crippen LogP) is 2.58. The normalized spacial score (nSPS) is 15.7. The number of hydrogen-bond donors (Lipinski definition) is 1. The van der Waals surface area contributed by atoms with Crippen molar-refractivity contribution in [2.24, 2.45) is 5.73 Å². The van der Waals surface area contributed by atoms with E-state index in [-0.39, 0.29) is 5.75 Å². The minimum absolute atomic E-state index is 0.208. The molecule has 1 fully saturated rings. The van der Waals surface area contributed by atoms with E-state index in [2.05, 4.69) is 4.90 Å². The van der Waals surface area contributed by atoms with Crippen LogP contribution in [0.25, 0.3) is 0 Å². The number of benzene rings is 1. The molecule has 1 aliphatic carbocycles. The maximum Gasteiger partial charge on any atom is 0.180 e. The highest BCUT2D eigenvalue weighted by atomic mass is 32.2. The van der Waals surface area contributed by atoms with Crippen LogP contribution in [0.5, 0.6) is 0 Å². The number of anilines is 1. The molecule has 0 bridgehead atoms. The van der Waals surface area contributed by atoms with Crippen LogP contribution in [0.3, 0.4) is 0 Å². The third-order valence-electron chi connectivity index (χ3n) is 4.10. The third kappa shape index (κ3) is 3.77. The second-order valence-corrected chi connectivity index (χ2v) is 7.78. The third-order valence-corrected chi connectivity index (χ3v) is 6.06. The first-order valence-electron chi connectivity index (χ1n) is 7.88. The van der Waals surface area contributed by atoms with Crippen molar-refractivity contribution in [2.75, 3.05) is 23.7 Å². The van der Waals surface area contributed by atoms with Crippen LogP contribution in [0.4, 0.5) is 5.69 Å². The van der Waals surface area contributed by atoms with Gasteiger partial charge in [0.2, 0.25) is 0 Å². The van der Waals surface area contributed by atoms with Crippen molar-refractivity contribution in [2.45, 2.75) is 50.0 Å². The Morgan fingerprint density at radius 2 is 2.00 bits per heavy atom. The molecule has 0 amide bonds. The van der Waals surface area contributed by atoms with Gasteiger partial charge in [0, 0.05) is 12.6 Å². The molecule has 0 spiro atoms. The minimum atomic E-state index is -3.20. The van der Waals surface area contributed by atoms with Crippen molar-refractivity contribution in [3.63, 3.8) is 0 Å². The molecule has 118 valence electrons. The van der Waals surface area contributed by atoms with Crippen molar-refractivity contribution in [3.8, 4) is 0 Å². The molecule has 0 saturated heterocycles. The topological polar surface area (TPSA) is 63.4 Å². The Hall–Kier alpha value is -1.07. The van der Waals surface area contributed by atoms with Gasteiger partial charge >= 0.3 is 0 Å². The van der Waals surface area contributed by atoms with Gasteiger partial charge in [-0.15, -0.1) is 0 Å². The van der Waals surface area contributed by atoms with E-state index in [0.29, 0.717) is 23.9 Å². The fraction of sp³-hybridized carbons (Fsp3) is 0.625. The summed E-state index contributed by atoms with van der Waals surface area (Å²) < 4.78 is 25.0. The average Bonchev–Trinajstić information content (AvgIpc) is 2.41. The van der Waals surface area contributed by atoms with Gasteiger partial charge in [0.05, 0.1) is 16.3 Å². The Morgan fingerprint density at radius 3 is 2.57 bits per heavy atom. The summed E-state index contributed by atoms with van der Waals surface area (Å²) in [4.78, 5) is 2.74. The van der Waals surface area contributed by atoms with Gasteiger partial charge in [0.15, 0.2) is 9.84 Å². The molecular weight excluding hydrogens is 284 g/mol. The van der Waals surface area contributed by atoms with Crippen LogP contribution in [0.2, 0.25) is 0 Å². The molecule has 1 saturated carbocycles. The maximum atomic E-state index is 12.5. The molecule has 0 aromatic heterocycles. The predicted molar refractivity (Wildman–Crippen MR) is 87.4 cm³/mol. The molecule has 5 heteroatoms. The van der Waals surface area contributed by atoms with E-state index in [0.717, 1.165) is 31.5 Å². The first-order valence-corrected chi connectivity index (χ1v) is 9.54. The lowest BCUT2D eigenvalue weighted by atomic mass is 9.91. The van der Waals surface area contributed by atoms with Gasteiger partial charge in [-0.05, 0) is 50.8 Å². The molecule has 2 rings (SSSR count). The fourth-order valence-corrected chi connectivity index (χ4v) is 4.34. The zero-order chi connectivity index (χ0) is 15.3. The molecule has 1 aliphatic rings. The van der Waals surface area contributed by atoms with E-state index in [1.165, 1.54) is 6.42 Å². The van der Waals surface area contributed by atoms with Gasteiger partial charge in [-0.1, -0.05) is 19.1 Å². The molecule has 0 atom stereocenters. The number of nitrogens with two attached hydrogens (primary N) is 1. The monoisotopic (exact) mass is 310 g/mol. The first kappa shape index (κ1) is 16.3. The lowest BCUT2D eigenvalue weighted by molar-refractivity contribution is 0.383. The van der Waals surface area contributed by atoms with Crippen LogP contribution < -0.4 is 10.6 Å². The van der Waals surface area contributed by atoms with Gasteiger partial charge in [0.25, 0.3) is 0 Å². The zero-order valence-corrected chi connectivity index (χ0v) is 13.6. The summed E-state index contributed by atoms with van der Waals surface area (Å²) >= 11 is 0. The highest BCUT2D eigenvalue weighted by Gasteiger charge is 2.28. The summed E-state index contributed by atoms with van der Waals surface area (Å²) in [6.07, 6.45) is 5.05. The van der Waals surface area contributed by atoms with Crippen molar-refractivity contribution in [1.82, 2.24) is 0 Å². The molecule has 1 aromatic carbocycles. The van der Waals surface area contributed by atoms with Gasteiger partial charge in [0.1, 0.15) is 0 Å². The van der Waals surface area contributed by atoms with Gasteiger partial charge in [-0.2, -0.15) is 0 Å². The Labute approximate surface area is 128 Å². The Kier molecular flexibility index (Phi) is 5.65. The largest absolute Gasteiger partial charge is 0.367 e. The molecule has 2 N–H and O–H groups in total. The summed E-state index contributed by atoms with van der Waals surface area (Å²) in [5, 5.41) is 0. The van der Waals surface area contributed by atoms with E-state index in [4.69, 9.17) is 5.73 Å². The van der Waals surface area contributed by atoms with Crippen LogP contribution in [0, 0.1) is 0 Å². The summed E-state index contributed by atoms with van der Waals surface area (Å²) in [6.45, 7) is 3.37. The fourth-order valence-electron chi connectivity index (χ4n) is 2.80. The minimum Gasteiger partial charge on any atom is -0.367 e. The molecule has 0 aliphatic heterocycles. The second kappa shape index (κ2) is 7.27. The van der Waals surface area contributed by atoms with E-state index in [9.17, 15) is 8.42 Å². The Morgan fingerprint density at radius 1 is 1.29 bits per heavy atom. The van der Waals surface area contributed by atoms with Crippen LogP contribution in [-0.4, -0.2) is 33.3 Å². The van der Waals surface area contributed by atoms with Gasteiger partial charge < -0.3 is 10.6 Å². The van der Waals surface area contributed by atoms with Gasteiger partial charge in [-0.3, -0.25) is 0 Å². The number of nitrogens with zero attached hydrogens (tertiary/aromatic N) is 1. The lowest BCUT2D eigenvalue weighted by Crippen LogP contribution is -2.42. The Balaban J connectivity index is 2.35. The quantitative estimate of drug-likeness (QED) is 0.801. The molecule has 0 unspecified atom stereocenters. The van der Waals surface area contributed by atoms with Crippen molar-refractivity contribution < 1.29 is 8.42 Å². The first-order chi connectivity index (χ1) is 10.1. The van der Waals surface area contributed by atoms with E-state index in [1.807, 2.05) is 25.1 Å². The molecule has 0 heterocycles. The number of sulfone groups is 1. The smallest absolute Gasteiger partial charge is 0.180 e. The summed E-state index contributed by atoms with van der Waals surface area (Å²) in [7, 11) is -3.20. The molecule has 0 radical (unpaired) electrons. The van der Waals surface area contributed by atoms with Crippen molar-refractivity contribution in [3.05, 3.63) is 24.3 Å². The molecular formula is C16H26N2O2S. The summed E-state index contributed by atoms with van der Waals surface area (Å²) in [6, 6.07) is 7.89. The summed E-state index contributed by atoms with van der Waals surface area (Å²) in [5.41, 5.74) is 6.51. The Bertz CT molecular complexity index is 553. The van der Waals surface area contributed by atoms with Crippen molar-refractivity contribution >= 4 is 15.5 Å². The number of hydrogen-bond acceptors (Lipinski definition) is 4. The van der Waals surface area contributed by atoms with Crippen LogP contribution in [0.15, 0.2) is 29.2 Å². The summed E-state index contributed by atoms with van der Waals surface area (Å²) in [5.74, 6) is 0.208. The molecule has 21 heavy (non-hydrogen) atoms. The molecule has 4 nitrogen and oxygen atoms in total. The highest BCUT2D eigenvalue weighted by molar-refractivity contribution is 7.91. The van der Waals surface area contributed by atoms with E-state index < -0.39 is 9.84 Å². The standard InChI is InChI=1S/C16H26N2O2S/c1-2-13-21(19,20)16-10-4-3-9-15(16)18(12-6-11-17)14-7-5-8-14/h3-4,9-10,14H,2,5-8,11-13,17H2,1H3. The van der Waals surface area contributed by atoms with Crippen LogP contribution in [0.1, 0.15) is 39.0 Å². The number of para-hydroxylation sites is 1. The SMILES string of the molecule is CCCS(=O)(=O)c1ccccc1N(CCCN)C1CCC1. The molecule has 1 aromatic rings. The zero-order valence-electron chi connectivity index (χ0n) is 12.8. The van der Waals surface area contributed by atoms with Gasteiger partial charge in [-0.25, -0.2) is 8.42 Å². The van der Waals surface area contributed by atoms with Crippen molar-refractivity contribution in [1.29, 1.82) is 0 Å². The maximum absolute atomic E-state index is 12.5. The second-order valence-electron chi connectivity index (χ2n) is 5.71.